The third-order valence-corrected chi connectivity index (χ3v) is 5.11. The molecule has 7 heteroatoms. The topological polar surface area (TPSA) is 71.3 Å². The summed E-state index contributed by atoms with van der Waals surface area (Å²) in [6, 6.07) is 21.7. The van der Waals surface area contributed by atoms with Gasteiger partial charge in [-0.25, -0.2) is 0 Å². The van der Waals surface area contributed by atoms with Crippen LogP contribution in [-0.2, 0) is 11.4 Å². The van der Waals surface area contributed by atoms with Gasteiger partial charge < -0.3 is 14.8 Å². The smallest absolute Gasteiger partial charge is 0.266 e. The quantitative estimate of drug-likeness (QED) is 0.272. The first kappa shape index (κ1) is 23.4. The largest absolute Gasteiger partial charge is 0.493 e. The lowest BCUT2D eigenvalue weighted by molar-refractivity contribution is -0.112. The van der Waals surface area contributed by atoms with Crippen molar-refractivity contribution in [3.8, 4) is 17.6 Å². The number of halogens is 2. The Bertz CT molecular complexity index is 1150. The summed E-state index contributed by atoms with van der Waals surface area (Å²) in [7, 11) is 0. The summed E-state index contributed by atoms with van der Waals surface area (Å²) >= 11 is 9.29. The zero-order valence-electron chi connectivity index (χ0n) is 17.3. The first-order chi connectivity index (χ1) is 15.5. The van der Waals surface area contributed by atoms with Crippen molar-refractivity contribution in [2.75, 3.05) is 11.9 Å². The molecule has 3 aromatic rings. The number of anilines is 1. The van der Waals surface area contributed by atoms with E-state index in [1.54, 1.807) is 36.4 Å². The Labute approximate surface area is 200 Å². The van der Waals surface area contributed by atoms with Crippen molar-refractivity contribution >= 4 is 45.2 Å². The second-order valence-corrected chi connectivity index (χ2v) is 8.03. The van der Waals surface area contributed by atoms with Crippen molar-refractivity contribution in [1.82, 2.24) is 0 Å². The number of nitrogens with zero attached hydrogens (tertiary/aromatic N) is 1. The van der Waals surface area contributed by atoms with Gasteiger partial charge in [0.25, 0.3) is 5.91 Å². The molecule has 0 atom stereocenters. The summed E-state index contributed by atoms with van der Waals surface area (Å²) in [4.78, 5) is 12.6. The zero-order valence-corrected chi connectivity index (χ0v) is 19.6. The Morgan fingerprint density at radius 3 is 2.47 bits per heavy atom. The van der Waals surface area contributed by atoms with Crippen molar-refractivity contribution in [3.63, 3.8) is 0 Å². The van der Waals surface area contributed by atoms with E-state index in [0.717, 1.165) is 10.0 Å². The van der Waals surface area contributed by atoms with Gasteiger partial charge in [-0.3, -0.25) is 4.79 Å². The van der Waals surface area contributed by atoms with Crippen LogP contribution in [0.2, 0.25) is 5.02 Å². The van der Waals surface area contributed by atoms with Crippen LogP contribution in [0.25, 0.3) is 6.08 Å². The molecule has 32 heavy (non-hydrogen) atoms. The minimum atomic E-state index is -0.509. The summed E-state index contributed by atoms with van der Waals surface area (Å²) in [5.74, 6) is 0.743. The molecule has 0 aliphatic heterocycles. The van der Waals surface area contributed by atoms with E-state index in [4.69, 9.17) is 21.1 Å². The van der Waals surface area contributed by atoms with E-state index in [0.29, 0.717) is 41.0 Å². The van der Waals surface area contributed by atoms with Crippen LogP contribution in [0, 0.1) is 11.3 Å². The van der Waals surface area contributed by atoms with Gasteiger partial charge in [0.1, 0.15) is 29.7 Å². The average molecular weight is 512 g/mol. The lowest BCUT2D eigenvalue weighted by Crippen LogP contribution is -2.13. The maximum Gasteiger partial charge on any atom is 0.266 e. The molecule has 1 N–H and O–H groups in total. The lowest BCUT2D eigenvalue weighted by atomic mass is 10.1. The van der Waals surface area contributed by atoms with Crippen LogP contribution in [0.3, 0.4) is 0 Å². The van der Waals surface area contributed by atoms with E-state index in [1.807, 2.05) is 43.3 Å². The van der Waals surface area contributed by atoms with Crippen molar-refractivity contribution in [1.29, 1.82) is 5.26 Å². The summed E-state index contributed by atoms with van der Waals surface area (Å²) in [6.45, 7) is 2.75. The number of amides is 1. The summed E-state index contributed by atoms with van der Waals surface area (Å²) < 4.78 is 12.1. The standard InChI is InChI=1S/C25H20BrClN2O3/c1-2-31-24-12-5-20(26)14-18(24)13-19(15-28)25(30)29-22-8-10-23(11-9-22)32-16-17-3-6-21(27)7-4-17/h3-14H,2,16H2,1H3,(H,29,30)/b19-13+. The van der Waals surface area contributed by atoms with Gasteiger partial charge in [0.05, 0.1) is 6.61 Å². The van der Waals surface area contributed by atoms with Crippen molar-refractivity contribution in [3.05, 3.63) is 92.9 Å². The SMILES string of the molecule is CCOc1ccc(Br)cc1/C=C(\C#N)C(=O)Nc1ccc(OCc2ccc(Cl)cc2)cc1. The van der Waals surface area contributed by atoms with Crippen LogP contribution in [0.4, 0.5) is 5.69 Å². The Morgan fingerprint density at radius 1 is 1.09 bits per heavy atom. The minimum Gasteiger partial charge on any atom is -0.493 e. The number of carbonyl (C=O) groups excluding carboxylic acids is 1. The maximum absolute atomic E-state index is 12.6. The molecule has 3 aromatic carbocycles. The van der Waals surface area contributed by atoms with Crippen LogP contribution in [0.15, 0.2) is 76.8 Å². The second-order valence-electron chi connectivity index (χ2n) is 6.68. The lowest BCUT2D eigenvalue weighted by Gasteiger charge is -2.10. The Morgan fingerprint density at radius 2 is 1.81 bits per heavy atom. The predicted octanol–water partition coefficient (Wildman–Crippen LogP) is 6.63. The molecule has 0 aromatic heterocycles. The number of nitriles is 1. The number of rotatable bonds is 8. The fourth-order valence-electron chi connectivity index (χ4n) is 2.80. The van der Waals surface area contributed by atoms with Crippen molar-refractivity contribution in [2.45, 2.75) is 13.5 Å². The Kier molecular flexibility index (Phi) is 8.32. The first-order valence-corrected chi connectivity index (χ1v) is 11.0. The molecule has 0 unspecified atom stereocenters. The van der Waals surface area contributed by atoms with Gasteiger partial charge in [-0.2, -0.15) is 5.26 Å². The van der Waals surface area contributed by atoms with Crippen LogP contribution in [-0.4, -0.2) is 12.5 Å². The van der Waals surface area contributed by atoms with Crippen LogP contribution >= 0.6 is 27.5 Å². The molecule has 0 fully saturated rings. The molecule has 0 spiro atoms. The monoisotopic (exact) mass is 510 g/mol. The van der Waals surface area contributed by atoms with E-state index < -0.39 is 5.91 Å². The molecular formula is C25H20BrClN2O3. The minimum absolute atomic E-state index is 0.0351. The zero-order chi connectivity index (χ0) is 22.9. The van der Waals surface area contributed by atoms with Crippen LogP contribution in [0.1, 0.15) is 18.1 Å². The summed E-state index contributed by atoms with van der Waals surface area (Å²) in [5, 5.41) is 12.9. The molecule has 0 saturated carbocycles. The summed E-state index contributed by atoms with van der Waals surface area (Å²) in [6.07, 6.45) is 1.51. The molecule has 5 nitrogen and oxygen atoms in total. The van der Waals surface area contributed by atoms with E-state index in [-0.39, 0.29) is 5.57 Å². The molecule has 0 saturated heterocycles. The van der Waals surface area contributed by atoms with Gasteiger partial charge in [0, 0.05) is 20.7 Å². The number of hydrogen-bond acceptors (Lipinski definition) is 4. The predicted molar refractivity (Wildman–Crippen MR) is 130 cm³/mol. The Balaban J connectivity index is 1.66. The highest BCUT2D eigenvalue weighted by atomic mass is 79.9. The molecule has 0 aliphatic rings. The molecule has 3 rings (SSSR count). The molecule has 0 heterocycles. The first-order valence-electron chi connectivity index (χ1n) is 9.81. The van der Waals surface area contributed by atoms with Crippen molar-refractivity contribution in [2.24, 2.45) is 0 Å². The van der Waals surface area contributed by atoms with Gasteiger partial charge in [-0.1, -0.05) is 39.7 Å². The van der Waals surface area contributed by atoms with Gasteiger partial charge in [-0.05, 0) is 73.2 Å². The molecule has 0 bridgehead atoms. The molecule has 0 radical (unpaired) electrons. The van der Waals surface area contributed by atoms with Gasteiger partial charge in [0.2, 0.25) is 0 Å². The van der Waals surface area contributed by atoms with Crippen molar-refractivity contribution < 1.29 is 14.3 Å². The Hall–Kier alpha value is -3.27. The van der Waals surface area contributed by atoms with E-state index in [9.17, 15) is 10.1 Å². The highest BCUT2D eigenvalue weighted by Crippen LogP contribution is 2.26. The van der Waals surface area contributed by atoms with Gasteiger partial charge in [0.15, 0.2) is 0 Å². The maximum atomic E-state index is 12.6. The second kappa shape index (κ2) is 11.4. The number of ether oxygens (including phenoxy) is 2. The number of carbonyl (C=O) groups is 1. The molecule has 1 amide bonds. The van der Waals surface area contributed by atoms with Gasteiger partial charge in [-0.15, -0.1) is 0 Å². The van der Waals surface area contributed by atoms with Gasteiger partial charge >= 0.3 is 0 Å². The third-order valence-electron chi connectivity index (χ3n) is 4.37. The third kappa shape index (κ3) is 6.61. The fraction of sp³-hybridized carbons (Fsp3) is 0.120. The molecular weight excluding hydrogens is 492 g/mol. The fourth-order valence-corrected chi connectivity index (χ4v) is 3.31. The normalized spacial score (nSPS) is 10.9. The van der Waals surface area contributed by atoms with E-state index >= 15 is 0 Å². The summed E-state index contributed by atoms with van der Waals surface area (Å²) in [5.41, 5.74) is 2.15. The van der Waals surface area contributed by atoms with Crippen LogP contribution in [0.5, 0.6) is 11.5 Å². The van der Waals surface area contributed by atoms with E-state index in [1.165, 1.54) is 6.08 Å². The number of benzene rings is 3. The average Bonchev–Trinajstić information content (AvgIpc) is 2.79. The molecule has 0 aliphatic carbocycles. The number of nitrogens with one attached hydrogen (secondary N) is 1. The number of hydrogen-bond donors (Lipinski definition) is 1. The van der Waals surface area contributed by atoms with E-state index in [2.05, 4.69) is 21.2 Å². The highest BCUT2D eigenvalue weighted by Gasteiger charge is 2.12. The van der Waals surface area contributed by atoms with Crippen LogP contribution < -0.4 is 14.8 Å². The molecule has 162 valence electrons. The highest BCUT2D eigenvalue weighted by molar-refractivity contribution is 9.10.